The van der Waals surface area contributed by atoms with Crippen molar-refractivity contribution in [3.05, 3.63) is 70.7 Å². The van der Waals surface area contributed by atoms with Crippen LogP contribution < -0.4 is 5.32 Å². The first-order valence-electron chi connectivity index (χ1n) is 14.1. The Hall–Kier alpha value is -2.21. The highest BCUT2D eigenvalue weighted by molar-refractivity contribution is 6.30. The lowest BCUT2D eigenvalue weighted by atomic mass is 9.74. The van der Waals surface area contributed by atoms with E-state index in [0.29, 0.717) is 30.1 Å². The minimum absolute atomic E-state index is 0.0557. The number of amides is 1. The quantitative estimate of drug-likeness (QED) is 0.539. The van der Waals surface area contributed by atoms with Gasteiger partial charge in [-0.15, -0.1) is 0 Å². The van der Waals surface area contributed by atoms with Crippen LogP contribution >= 0.6 is 11.6 Å². The van der Waals surface area contributed by atoms with Crippen molar-refractivity contribution >= 4 is 23.3 Å². The molecule has 0 bridgehead atoms. The zero-order valence-corrected chi connectivity index (χ0v) is 22.3. The summed E-state index contributed by atoms with van der Waals surface area (Å²) < 4.78 is 0. The monoisotopic (exact) mass is 519 g/mol. The molecule has 3 heterocycles. The first-order valence-corrected chi connectivity index (χ1v) is 14.5. The standard InChI is InChI=1S/C31H38ClN3O2/c32-25-10-8-23(9-11-25)21-35-17-14-31(30(35)37)12-15-34(16-13-31)29(28(36)18-22-6-7-22)27-20-33-19-26(27)24-4-2-1-3-5-24/h1-5,8-11,22,26-27,29,33H,6-7,12-21H2/t26-,27-,29?/m1/s1. The number of likely N-dealkylation sites (tertiary alicyclic amines) is 2. The van der Waals surface area contributed by atoms with Crippen molar-refractivity contribution in [1.29, 1.82) is 0 Å². The molecule has 5 nitrogen and oxygen atoms in total. The van der Waals surface area contributed by atoms with Crippen LogP contribution in [0.5, 0.6) is 0 Å². The first kappa shape index (κ1) is 25.1. The van der Waals surface area contributed by atoms with Crippen molar-refractivity contribution < 1.29 is 9.59 Å². The average Bonchev–Trinajstić information content (AvgIpc) is 3.52. The van der Waals surface area contributed by atoms with Gasteiger partial charge < -0.3 is 10.2 Å². The molecule has 4 aliphatic rings. The second-order valence-corrected chi connectivity index (χ2v) is 12.3. The van der Waals surface area contributed by atoms with Gasteiger partial charge in [-0.3, -0.25) is 14.5 Å². The fourth-order valence-electron chi connectivity index (χ4n) is 7.08. The number of benzene rings is 2. The van der Waals surface area contributed by atoms with Crippen molar-refractivity contribution in [1.82, 2.24) is 15.1 Å². The van der Waals surface area contributed by atoms with E-state index in [0.717, 1.165) is 69.0 Å². The number of carbonyl (C=O) groups excluding carboxylic acids is 2. The molecule has 37 heavy (non-hydrogen) atoms. The summed E-state index contributed by atoms with van der Waals surface area (Å²) in [6.45, 7) is 4.94. The lowest BCUT2D eigenvalue weighted by Crippen LogP contribution is -2.54. The van der Waals surface area contributed by atoms with Gasteiger partial charge in [0.25, 0.3) is 0 Å². The smallest absolute Gasteiger partial charge is 0.229 e. The maximum Gasteiger partial charge on any atom is 0.229 e. The molecule has 1 saturated carbocycles. The minimum Gasteiger partial charge on any atom is -0.338 e. The Labute approximate surface area is 225 Å². The number of Topliss-reactive ketones (excluding diaryl/α,β-unsaturated/α-hetero) is 1. The molecule has 2 aromatic carbocycles. The highest BCUT2D eigenvalue weighted by Gasteiger charge is 2.50. The molecule has 6 rings (SSSR count). The third-order valence-electron chi connectivity index (χ3n) is 9.45. The van der Waals surface area contributed by atoms with Gasteiger partial charge >= 0.3 is 0 Å². The molecule has 0 radical (unpaired) electrons. The van der Waals surface area contributed by atoms with Crippen LogP contribution in [0.1, 0.15) is 55.6 Å². The summed E-state index contributed by atoms with van der Waals surface area (Å²) in [6, 6.07) is 18.5. The molecular weight excluding hydrogens is 482 g/mol. The summed E-state index contributed by atoms with van der Waals surface area (Å²) in [4.78, 5) is 31.9. The third kappa shape index (κ3) is 5.23. The number of piperidine rings is 1. The number of hydrogen-bond donors (Lipinski definition) is 1. The van der Waals surface area contributed by atoms with Gasteiger partial charge in [-0.2, -0.15) is 0 Å². The Kier molecular flexibility index (Phi) is 7.13. The van der Waals surface area contributed by atoms with E-state index in [9.17, 15) is 9.59 Å². The fraction of sp³-hybridized carbons (Fsp3) is 0.548. The number of ketones is 1. The molecular formula is C31H38ClN3O2. The van der Waals surface area contributed by atoms with Gasteiger partial charge in [0.15, 0.2) is 5.78 Å². The molecule has 4 fully saturated rings. The number of nitrogens with one attached hydrogen (secondary N) is 1. The van der Waals surface area contributed by atoms with Crippen LogP contribution in [0.25, 0.3) is 0 Å². The number of nitrogens with zero attached hydrogens (tertiary/aromatic N) is 2. The molecule has 3 aliphatic heterocycles. The molecule has 2 aromatic rings. The Morgan fingerprint density at radius 2 is 1.68 bits per heavy atom. The van der Waals surface area contributed by atoms with Crippen molar-refractivity contribution in [3.63, 3.8) is 0 Å². The van der Waals surface area contributed by atoms with Gasteiger partial charge in [0.2, 0.25) is 5.91 Å². The van der Waals surface area contributed by atoms with E-state index in [4.69, 9.17) is 11.6 Å². The first-order chi connectivity index (χ1) is 18.0. The van der Waals surface area contributed by atoms with Crippen molar-refractivity contribution in [2.45, 2.75) is 57.0 Å². The fourth-order valence-corrected chi connectivity index (χ4v) is 7.21. The predicted molar refractivity (Wildman–Crippen MR) is 146 cm³/mol. The Bertz CT molecular complexity index is 1110. The normalized spacial score (nSPS) is 26.6. The van der Waals surface area contributed by atoms with E-state index in [1.807, 2.05) is 29.2 Å². The van der Waals surface area contributed by atoms with Crippen molar-refractivity contribution in [3.8, 4) is 0 Å². The van der Waals surface area contributed by atoms with Crippen LogP contribution in [0, 0.1) is 17.3 Å². The van der Waals surface area contributed by atoms with Gasteiger partial charge in [0.1, 0.15) is 0 Å². The summed E-state index contributed by atoms with van der Waals surface area (Å²) in [6.07, 6.45) is 5.75. The Balaban J connectivity index is 1.16. The molecule has 1 unspecified atom stereocenters. The molecule has 196 valence electrons. The maximum absolute atomic E-state index is 13.8. The average molecular weight is 520 g/mol. The van der Waals surface area contributed by atoms with Gasteiger partial charge in [-0.25, -0.2) is 0 Å². The van der Waals surface area contributed by atoms with Crippen LogP contribution in [-0.4, -0.2) is 60.3 Å². The van der Waals surface area contributed by atoms with Crippen LogP contribution in [0.3, 0.4) is 0 Å². The molecule has 6 heteroatoms. The molecule has 1 spiro atoms. The highest BCUT2D eigenvalue weighted by Crippen LogP contribution is 2.44. The summed E-state index contributed by atoms with van der Waals surface area (Å²) in [5.74, 6) is 1.95. The van der Waals surface area contributed by atoms with E-state index in [1.165, 1.54) is 18.4 Å². The minimum atomic E-state index is -0.264. The van der Waals surface area contributed by atoms with Crippen LogP contribution in [0.4, 0.5) is 0 Å². The summed E-state index contributed by atoms with van der Waals surface area (Å²) in [5.41, 5.74) is 2.19. The van der Waals surface area contributed by atoms with Crippen LogP contribution in [-0.2, 0) is 16.1 Å². The van der Waals surface area contributed by atoms with Crippen LogP contribution in [0.2, 0.25) is 5.02 Å². The summed E-state index contributed by atoms with van der Waals surface area (Å²) >= 11 is 6.04. The molecule has 1 amide bonds. The van der Waals surface area contributed by atoms with Gasteiger partial charge in [-0.05, 0) is 74.4 Å². The van der Waals surface area contributed by atoms with Gasteiger partial charge in [-0.1, -0.05) is 54.1 Å². The van der Waals surface area contributed by atoms with E-state index >= 15 is 0 Å². The lowest BCUT2D eigenvalue weighted by Gasteiger charge is -2.44. The summed E-state index contributed by atoms with van der Waals surface area (Å²) in [7, 11) is 0. The summed E-state index contributed by atoms with van der Waals surface area (Å²) in [5, 5.41) is 4.32. The molecule has 1 aliphatic carbocycles. The molecule has 3 saturated heterocycles. The lowest BCUT2D eigenvalue weighted by molar-refractivity contribution is -0.140. The second-order valence-electron chi connectivity index (χ2n) is 11.8. The van der Waals surface area contributed by atoms with E-state index in [-0.39, 0.29) is 17.4 Å². The number of rotatable bonds is 8. The predicted octanol–water partition coefficient (Wildman–Crippen LogP) is 4.90. The van der Waals surface area contributed by atoms with Crippen LogP contribution in [0.15, 0.2) is 54.6 Å². The largest absolute Gasteiger partial charge is 0.338 e. The number of halogens is 1. The van der Waals surface area contributed by atoms with E-state index in [1.54, 1.807) is 0 Å². The maximum atomic E-state index is 13.8. The van der Waals surface area contributed by atoms with Crippen molar-refractivity contribution in [2.24, 2.45) is 17.3 Å². The van der Waals surface area contributed by atoms with E-state index in [2.05, 4.69) is 40.5 Å². The van der Waals surface area contributed by atoms with E-state index < -0.39 is 0 Å². The third-order valence-corrected chi connectivity index (χ3v) is 9.70. The van der Waals surface area contributed by atoms with Gasteiger partial charge in [0, 0.05) is 49.5 Å². The number of carbonyl (C=O) groups is 2. The zero-order valence-electron chi connectivity index (χ0n) is 21.6. The molecule has 3 atom stereocenters. The SMILES string of the molecule is O=C(CC1CC1)C([C@@H]1CNC[C@@H]1c1ccccc1)N1CCC2(CCN(Cc3ccc(Cl)cc3)C2=O)CC1. The Morgan fingerprint density at radius 1 is 0.973 bits per heavy atom. The Morgan fingerprint density at radius 3 is 2.38 bits per heavy atom. The number of hydrogen-bond acceptors (Lipinski definition) is 4. The topological polar surface area (TPSA) is 52.7 Å². The van der Waals surface area contributed by atoms with Gasteiger partial charge in [0.05, 0.1) is 11.5 Å². The molecule has 0 aromatic heterocycles. The zero-order chi connectivity index (χ0) is 25.4. The molecule has 1 N–H and O–H groups in total. The second kappa shape index (κ2) is 10.5. The van der Waals surface area contributed by atoms with Crippen molar-refractivity contribution in [2.75, 3.05) is 32.7 Å². The highest BCUT2D eigenvalue weighted by atomic mass is 35.5.